The predicted molar refractivity (Wildman–Crippen MR) is 99.2 cm³/mol. The summed E-state index contributed by atoms with van der Waals surface area (Å²) in [6, 6.07) is -0.0811. The highest BCUT2D eigenvalue weighted by atomic mass is 19.3. The van der Waals surface area contributed by atoms with Gasteiger partial charge in [-0.3, -0.25) is 9.78 Å². The fraction of sp³-hybridized carbons (Fsp3) is 0.389. The first-order valence-corrected chi connectivity index (χ1v) is 8.91. The number of carbonyl (C=O) groups excluding carboxylic acids is 1. The van der Waals surface area contributed by atoms with Crippen LogP contribution in [-0.2, 0) is 0 Å². The zero-order chi connectivity index (χ0) is 21.2. The number of nitrogens with one attached hydrogen (secondary N) is 3. The third-order valence-electron chi connectivity index (χ3n) is 4.72. The number of nitrogens with zero attached hydrogens (tertiary/aromatic N) is 2. The normalized spacial score (nSPS) is 20.9. The third-order valence-corrected chi connectivity index (χ3v) is 4.72. The highest BCUT2D eigenvalue weighted by Crippen LogP contribution is 2.35. The van der Waals surface area contributed by atoms with E-state index in [-0.39, 0.29) is 35.7 Å². The molecule has 0 bridgehead atoms. The van der Waals surface area contributed by atoms with Crippen LogP contribution >= 0.6 is 0 Å². The molecule has 3 rings (SSSR count). The quantitative estimate of drug-likeness (QED) is 0.544. The number of amides is 1. The largest absolute Gasteiger partial charge is 0.365 e. The van der Waals surface area contributed by atoms with Crippen LogP contribution in [0.3, 0.4) is 0 Å². The third kappa shape index (κ3) is 4.56. The van der Waals surface area contributed by atoms with Crippen molar-refractivity contribution >= 4 is 23.2 Å². The average molecular weight is 412 g/mol. The summed E-state index contributed by atoms with van der Waals surface area (Å²) < 4.78 is 56.2. The van der Waals surface area contributed by atoms with Gasteiger partial charge in [-0.2, -0.15) is 0 Å². The molecule has 29 heavy (non-hydrogen) atoms. The van der Waals surface area contributed by atoms with Crippen molar-refractivity contribution in [1.29, 1.82) is 0 Å². The lowest BCUT2D eigenvalue weighted by molar-refractivity contribution is -0.0654. The Morgan fingerprint density at radius 2 is 2.00 bits per heavy atom. The van der Waals surface area contributed by atoms with Crippen LogP contribution in [0.15, 0.2) is 24.5 Å². The maximum Gasteiger partial charge on any atom is 0.265 e. The molecule has 1 fully saturated rings. The Balaban J connectivity index is 1.94. The molecule has 2 aromatic rings. The van der Waals surface area contributed by atoms with Crippen LogP contribution in [-0.4, -0.2) is 40.9 Å². The maximum absolute atomic E-state index is 14.5. The zero-order valence-corrected chi connectivity index (χ0v) is 15.5. The van der Waals surface area contributed by atoms with Gasteiger partial charge < -0.3 is 21.7 Å². The molecular weight excluding hydrogens is 392 g/mol. The van der Waals surface area contributed by atoms with Gasteiger partial charge >= 0.3 is 0 Å². The molecule has 0 aromatic carbocycles. The van der Waals surface area contributed by atoms with Gasteiger partial charge in [-0.25, -0.2) is 22.5 Å². The first-order chi connectivity index (χ1) is 13.7. The molecule has 0 radical (unpaired) electrons. The van der Waals surface area contributed by atoms with Crippen molar-refractivity contribution in [3.8, 4) is 0 Å². The number of hydrogen-bond donors (Lipinski definition) is 4. The van der Waals surface area contributed by atoms with E-state index in [0.29, 0.717) is 6.42 Å². The van der Waals surface area contributed by atoms with Gasteiger partial charge in [0.2, 0.25) is 0 Å². The summed E-state index contributed by atoms with van der Waals surface area (Å²) in [5, 5.41) is 7.93. The predicted octanol–water partition coefficient (Wildman–Crippen LogP) is 2.79. The van der Waals surface area contributed by atoms with Crippen molar-refractivity contribution < 1.29 is 22.4 Å². The molecular formula is C18H20F4N6O. The molecule has 7 nitrogen and oxygen atoms in total. The van der Waals surface area contributed by atoms with Crippen molar-refractivity contribution in [2.75, 3.05) is 17.7 Å². The number of pyridine rings is 2. The number of carbonyl (C=O) groups is 1. The summed E-state index contributed by atoms with van der Waals surface area (Å²) in [5.74, 6) is -5.99. The molecule has 0 unspecified atom stereocenters. The first-order valence-electron chi connectivity index (χ1n) is 8.91. The summed E-state index contributed by atoms with van der Waals surface area (Å²) in [7, 11) is 1.41. The van der Waals surface area contributed by atoms with Crippen LogP contribution in [0, 0.1) is 11.6 Å². The first kappa shape index (κ1) is 20.8. The van der Waals surface area contributed by atoms with Gasteiger partial charge in [0.15, 0.2) is 11.6 Å². The fourth-order valence-corrected chi connectivity index (χ4v) is 3.41. The van der Waals surface area contributed by atoms with Gasteiger partial charge in [0.05, 0.1) is 29.7 Å². The minimum absolute atomic E-state index is 0.148. The molecule has 0 saturated heterocycles. The topological polar surface area (TPSA) is 105 Å². The highest BCUT2D eigenvalue weighted by Gasteiger charge is 2.46. The molecule has 1 saturated carbocycles. The summed E-state index contributed by atoms with van der Waals surface area (Å²) in [4.78, 5) is 19.3. The van der Waals surface area contributed by atoms with Gasteiger partial charge in [0.25, 0.3) is 11.8 Å². The van der Waals surface area contributed by atoms with E-state index in [1.54, 1.807) is 0 Å². The van der Waals surface area contributed by atoms with E-state index in [0.717, 1.165) is 18.3 Å². The number of aromatic nitrogens is 2. The number of halogens is 4. The van der Waals surface area contributed by atoms with Crippen molar-refractivity contribution in [3.63, 3.8) is 0 Å². The van der Waals surface area contributed by atoms with Crippen LogP contribution < -0.4 is 21.7 Å². The van der Waals surface area contributed by atoms with E-state index in [9.17, 15) is 22.4 Å². The summed E-state index contributed by atoms with van der Waals surface area (Å²) in [5.41, 5.74) is 5.14. The second-order valence-corrected chi connectivity index (χ2v) is 6.77. The average Bonchev–Trinajstić information content (AvgIpc) is 2.63. The number of nitrogens with two attached hydrogens (primary N) is 1. The Morgan fingerprint density at radius 3 is 2.66 bits per heavy atom. The molecule has 2 heterocycles. The van der Waals surface area contributed by atoms with Crippen molar-refractivity contribution in [2.24, 2.45) is 5.73 Å². The maximum atomic E-state index is 14.5. The van der Waals surface area contributed by atoms with Gasteiger partial charge in [0, 0.05) is 18.5 Å². The Hall–Kier alpha value is -2.95. The van der Waals surface area contributed by atoms with Crippen molar-refractivity contribution in [3.05, 3.63) is 41.7 Å². The Bertz CT molecular complexity index is 910. The number of alkyl halides is 2. The van der Waals surface area contributed by atoms with Gasteiger partial charge in [-0.1, -0.05) is 0 Å². The molecule has 1 aliphatic carbocycles. The van der Waals surface area contributed by atoms with E-state index >= 15 is 0 Å². The van der Waals surface area contributed by atoms with E-state index in [4.69, 9.17) is 5.73 Å². The molecule has 0 aliphatic heterocycles. The summed E-state index contributed by atoms with van der Waals surface area (Å²) in [6.45, 7) is 0. The van der Waals surface area contributed by atoms with Crippen molar-refractivity contribution in [2.45, 2.75) is 37.3 Å². The zero-order valence-electron chi connectivity index (χ0n) is 15.5. The lowest BCUT2D eigenvalue weighted by atomic mass is 9.87. The lowest BCUT2D eigenvalue weighted by Crippen LogP contribution is -2.56. The Kier molecular flexibility index (Phi) is 5.87. The standard InChI is InChI=1S/C18H20F4N6O/c1-24-14-13(3-2-4-18(14,21)22)27-17-12(20)6-11(15(23)29)16(28-17)26-10-5-9(19)7-25-8-10/h5-8,13-14,24H,2-4H2,1H3,(H2,23,29)(H2,26,27,28)/t13-,14-/m1/s1. The van der Waals surface area contributed by atoms with Crippen LogP contribution in [0.2, 0.25) is 0 Å². The second-order valence-electron chi connectivity index (χ2n) is 6.77. The minimum Gasteiger partial charge on any atom is -0.365 e. The Labute approximate surface area is 164 Å². The number of rotatable bonds is 6. The smallest absolute Gasteiger partial charge is 0.265 e. The number of primary amides is 1. The van der Waals surface area contributed by atoms with E-state index in [1.165, 1.54) is 13.2 Å². The molecule has 156 valence electrons. The van der Waals surface area contributed by atoms with Crippen LogP contribution in [0.4, 0.5) is 34.9 Å². The number of hydrogen-bond acceptors (Lipinski definition) is 6. The van der Waals surface area contributed by atoms with Crippen LogP contribution in [0.25, 0.3) is 0 Å². The Morgan fingerprint density at radius 1 is 1.24 bits per heavy atom. The fourth-order valence-electron chi connectivity index (χ4n) is 3.41. The molecule has 0 spiro atoms. The molecule has 11 heteroatoms. The van der Waals surface area contributed by atoms with Gasteiger partial charge in [-0.05, 0) is 26.0 Å². The monoisotopic (exact) mass is 412 g/mol. The lowest BCUT2D eigenvalue weighted by Gasteiger charge is -2.38. The van der Waals surface area contributed by atoms with Crippen molar-refractivity contribution in [1.82, 2.24) is 15.3 Å². The summed E-state index contributed by atoms with van der Waals surface area (Å²) >= 11 is 0. The SMILES string of the molecule is CN[C@@H]1[C@H](Nc2nc(Nc3cncc(F)c3)c(C(N)=O)cc2F)CCCC1(F)F. The molecule has 2 atom stereocenters. The highest BCUT2D eigenvalue weighted by molar-refractivity contribution is 5.98. The summed E-state index contributed by atoms with van der Waals surface area (Å²) in [6.07, 6.45) is 2.60. The molecule has 2 aromatic heterocycles. The van der Waals surface area contributed by atoms with Crippen LogP contribution in [0.5, 0.6) is 0 Å². The van der Waals surface area contributed by atoms with E-state index in [2.05, 4.69) is 25.9 Å². The number of anilines is 3. The van der Waals surface area contributed by atoms with E-state index < -0.39 is 35.5 Å². The van der Waals surface area contributed by atoms with Crippen LogP contribution in [0.1, 0.15) is 29.6 Å². The number of likely N-dealkylation sites (N-methyl/N-ethyl adjacent to an activating group) is 1. The van der Waals surface area contributed by atoms with E-state index in [1.807, 2.05) is 0 Å². The van der Waals surface area contributed by atoms with Gasteiger partial charge in [-0.15, -0.1) is 0 Å². The molecule has 1 amide bonds. The molecule has 1 aliphatic rings. The molecule has 5 N–H and O–H groups in total. The second kappa shape index (κ2) is 8.19. The minimum atomic E-state index is -2.97. The van der Waals surface area contributed by atoms with Gasteiger partial charge in [0.1, 0.15) is 11.6 Å².